The number of nitrogens with two attached hydrogens (primary N) is 1. The number of nitrogens with one attached hydrogen (secondary N) is 1. The molecule has 19 heavy (non-hydrogen) atoms. The normalized spacial score (nSPS) is 19.6. The van der Waals surface area contributed by atoms with Crippen LogP contribution in [0.4, 0.5) is 0 Å². The number of hydrogen-bond acceptors (Lipinski definition) is 3. The second-order valence-corrected chi connectivity index (χ2v) is 5.46. The third kappa shape index (κ3) is 4.49. The third-order valence-electron chi connectivity index (χ3n) is 3.46. The molecule has 1 unspecified atom stereocenters. The zero-order valence-corrected chi connectivity index (χ0v) is 11.7. The van der Waals surface area contributed by atoms with Gasteiger partial charge in [-0.3, -0.25) is 9.69 Å². The number of hydrogen-bond donors (Lipinski definition) is 2. The van der Waals surface area contributed by atoms with E-state index in [9.17, 15) is 4.79 Å². The number of rotatable bonds is 5. The van der Waals surface area contributed by atoms with Crippen LogP contribution in [0.1, 0.15) is 12.0 Å². The Morgan fingerprint density at radius 1 is 1.42 bits per heavy atom. The van der Waals surface area contributed by atoms with Gasteiger partial charge >= 0.3 is 0 Å². The summed E-state index contributed by atoms with van der Waals surface area (Å²) in [5.74, 6) is 0.457. The first-order valence-electron chi connectivity index (χ1n) is 6.61. The van der Waals surface area contributed by atoms with Crippen molar-refractivity contribution in [2.75, 3.05) is 26.2 Å². The van der Waals surface area contributed by atoms with E-state index in [4.69, 9.17) is 17.3 Å². The Morgan fingerprint density at radius 3 is 2.84 bits per heavy atom. The van der Waals surface area contributed by atoms with Crippen molar-refractivity contribution in [3.05, 3.63) is 34.9 Å². The molecule has 3 N–H and O–H groups in total. The summed E-state index contributed by atoms with van der Waals surface area (Å²) in [7, 11) is 0. The lowest BCUT2D eigenvalue weighted by Gasteiger charge is -2.16. The summed E-state index contributed by atoms with van der Waals surface area (Å²) in [5, 5.41) is 3.63. The van der Waals surface area contributed by atoms with Crippen LogP contribution in [0, 0.1) is 5.92 Å². The molecule has 1 heterocycles. The van der Waals surface area contributed by atoms with Gasteiger partial charge in [0.05, 0.1) is 6.54 Å². The summed E-state index contributed by atoms with van der Waals surface area (Å²) in [6, 6.07) is 7.97. The van der Waals surface area contributed by atoms with Crippen LogP contribution in [0.25, 0.3) is 0 Å². The molecule has 1 aliphatic heterocycles. The number of benzene rings is 1. The monoisotopic (exact) mass is 281 g/mol. The average molecular weight is 282 g/mol. The fraction of sp³-hybridized carbons (Fsp3) is 0.500. The predicted molar refractivity (Wildman–Crippen MR) is 76.9 cm³/mol. The molecule has 1 fully saturated rings. The molecule has 1 aliphatic rings. The second-order valence-electron chi connectivity index (χ2n) is 5.02. The number of carbonyl (C=O) groups is 1. The van der Waals surface area contributed by atoms with Gasteiger partial charge in [0, 0.05) is 24.7 Å². The second kappa shape index (κ2) is 6.89. The van der Waals surface area contributed by atoms with E-state index >= 15 is 0 Å². The van der Waals surface area contributed by atoms with Gasteiger partial charge in [0.25, 0.3) is 0 Å². The maximum atomic E-state index is 11.1. The summed E-state index contributed by atoms with van der Waals surface area (Å²) in [5.41, 5.74) is 6.54. The molecule has 1 aromatic rings. The minimum absolute atomic E-state index is 0.0706. The smallest absolute Gasteiger partial charge is 0.233 e. The van der Waals surface area contributed by atoms with Crippen LogP contribution in [0.3, 0.4) is 0 Å². The van der Waals surface area contributed by atoms with E-state index in [1.807, 2.05) is 12.1 Å². The van der Waals surface area contributed by atoms with Gasteiger partial charge in [0.1, 0.15) is 0 Å². The number of nitrogens with zero attached hydrogens (tertiary/aromatic N) is 1. The van der Waals surface area contributed by atoms with Crippen molar-refractivity contribution in [2.45, 2.75) is 13.0 Å². The molecule has 1 aromatic carbocycles. The van der Waals surface area contributed by atoms with Gasteiger partial charge in [-0.05, 0) is 36.6 Å². The lowest BCUT2D eigenvalue weighted by atomic mass is 10.1. The molecular formula is C14H20ClN3O. The Bertz CT molecular complexity index is 421. The van der Waals surface area contributed by atoms with Crippen molar-refractivity contribution < 1.29 is 4.79 Å². The molecule has 0 spiro atoms. The molecule has 1 atom stereocenters. The molecule has 1 amide bonds. The highest BCUT2D eigenvalue weighted by atomic mass is 35.5. The maximum absolute atomic E-state index is 11.1. The lowest BCUT2D eigenvalue weighted by Crippen LogP contribution is -2.35. The number of amides is 1. The molecule has 4 nitrogen and oxygen atoms in total. The van der Waals surface area contributed by atoms with Gasteiger partial charge in [-0.2, -0.15) is 0 Å². The van der Waals surface area contributed by atoms with Crippen molar-refractivity contribution in [1.82, 2.24) is 10.2 Å². The van der Waals surface area contributed by atoms with Gasteiger partial charge in [-0.15, -0.1) is 0 Å². The van der Waals surface area contributed by atoms with Crippen LogP contribution < -0.4 is 11.1 Å². The Morgan fingerprint density at radius 2 is 2.16 bits per heavy atom. The Hall–Kier alpha value is -1.10. The van der Waals surface area contributed by atoms with Crippen LogP contribution in [0.15, 0.2) is 24.3 Å². The predicted octanol–water partition coefficient (Wildman–Crippen LogP) is 1.24. The van der Waals surface area contributed by atoms with Crippen LogP contribution in [-0.2, 0) is 11.3 Å². The highest BCUT2D eigenvalue weighted by Crippen LogP contribution is 2.19. The minimum atomic E-state index is -0.0730. The molecule has 0 aliphatic carbocycles. The largest absolute Gasteiger partial charge is 0.355 e. The van der Waals surface area contributed by atoms with Gasteiger partial charge in [0.2, 0.25) is 5.91 Å². The third-order valence-corrected chi connectivity index (χ3v) is 3.71. The Balaban J connectivity index is 1.75. The standard InChI is InChI=1S/C14H20ClN3O/c15-13-3-1-11(2-4-13)9-18-6-5-12(10-18)8-17-14(19)7-16/h1-4,12H,5-10,16H2,(H,17,19). The van der Waals surface area contributed by atoms with Crippen LogP contribution in [0.5, 0.6) is 0 Å². The van der Waals surface area contributed by atoms with Crippen LogP contribution >= 0.6 is 11.6 Å². The molecule has 2 rings (SSSR count). The van der Waals surface area contributed by atoms with E-state index in [0.29, 0.717) is 5.92 Å². The zero-order chi connectivity index (χ0) is 13.7. The molecule has 0 radical (unpaired) electrons. The highest BCUT2D eigenvalue weighted by molar-refractivity contribution is 6.30. The van der Waals surface area contributed by atoms with E-state index in [2.05, 4.69) is 22.3 Å². The molecule has 0 bridgehead atoms. The molecule has 5 heteroatoms. The Kier molecular flexibility index (Phi) is 5.19. The first-order valence-corrected chi connectivity index (χ1v) is 6.98. The summed E-state index contributed by atoms with van der Waals surface area (Å²) in [6.07, 6.45) is 1.12. The van der Waals surface area contributed by atoms with Crippen molar-refractivity contribution in [3.63, 3.8) is 0 Å². The first-order chi connectivity index (χ1) is 9.17. The fourth-order valence-electron chi connectivity index (χ4n) is 2.40. The average Bonchev–Trinajstić information content (AvgIpc) is 2.86. The van der Waals surface area contributed by atoms with Crippen molar-refractivity contribution in [2.24, 2.45) is 11.7 Å². The Labute approximate surface area is 118 Å². The van der Waals surface area contributed by atoms with Gasteiger partial charge < -0.3 is 11.1 Å². The summed E-state index contributed by atoms with van der Waals surface area (Å²) >= 11 is 5.87. The SMILES string of the molecule is NCC(=O)NCC1CCN(Cc2ccc(Cl)cc2)C1. The van der Waals surface area contributed by atoms with Gasteiger partial charge in [-0.1, -0.05) is 23.7 Å². The van der Waals surface area contributed by atoms with Crippen molar-refractivity contribution in [1.29, 1.82) is 0 Å². The molecule has 1 saturated heterocycles. The number of halogens is 1. The molecular weight excluding hydrogens is 262 g/mol. The summed E-state index contributed by atoms with van der Waals surface area (Å²) in [6.45, 7) is 3.84. The van der Waals surface area contributed by atoms with Crippen LogP contribution in [0.2, 0.25) is 5.02 Å². The minimum Gasteiger partial charge on any atom is -0.355 e. The number of likely N-dealkylation sites (tertiary alicyclic amines) is 1. The van der Waals surface area contributed by atoms with Gasteiger partial charge in [0.15, 0.2) is 0 Å². The van der Waals surface area contributed by atoms with E-state index in [1.165, 1.54) is 5.56 Å². The summed E-state index contributed by atoms with van der Waals surface area (Å²) < 4.78 is 0. The molecule has 0 aromatic heterocycles. The van der Waals surface area contributed by atoms with Crippen LogP contribution in [-0.4, -0.2) is 37.0 Å². The topological polar surface area (TPSA) is 58.4 Å². The fourth-order valence-corrected chi connectivity index (χ4v) is 2.53. The van der Waals surface area contributed by atoms with E-state index in [0.717, 1.165) is 37.6 Å². The van der Waals surface area contributed by atoms with Gasteiger partial charge in [-0.25, -0.2) is 0 Å². The lowest BCUT2D eigenvalue weighted by molar-refractivity contribution is -0.119. The first kappa shape index (κ1) is 14.3. The summed E-state index contributed by atoms with van der Waals surface area (Å²) in [4.78, 5) is 13.5. The van der Waals surface area contributed by atoms with E-state index in [1.54, 1.807) is 0 Å². The molecule has 0 saturated carbocycles. The van der Waals surface area contributed by atoms with Crippen molar-refractivity contribution >= 4 is 17.5 Å². The number of carbonyl (C=O) groups excluding carboxylic acids is 1. The maximum Gasteiger partial charge on any atom is 0.233 e. The highest BCUT2D eigenvalue weighted by Gasteiger charge is 2.22. The van der Waals surface area contributed by atoms with Crippen molar-refractivity contribution in [3.8, 4) is 0 Å². The zero-order valence-electron chi connectivity index (χ0n) is 10.9. The quantitative estimate of drug-likeness (QED) is 0.854. The van der Waals surface area contributed by atoms with E-state index < -0.39 is 0 Å². The molecule has 104 valence electrons. The van der Waals surface area contributed by atoms with E-state index in [-0.39, 0.29) is 12.5 Å².